The van der Waals surface area contributed by atoms with Crippen LogP contribution in [0.3, 0.4) is 0 Å². The Morgan fingerprint density at radius 2 is 2.12 bits per heavy atom. The molecular weight excluding hydrogens is 220 g/mol. The second kappa shape index (κ2) is 7.96. The fourth-order valence-corrected chi connectivity index (χ4v) is 2.33. The Bertz CT molecular complexity index is 205. The highest BCUT2D eigenvalue weighted by molar-refractivity contribution is 7.99. The molecule has 0 aromatic carbocycles. The van der Waals surface area contributed by atoms with E-state index in [9.17, 15) is 4.79 Å². The van der Waals surface area contributed by atoms with E-state index in [2.05, 4.69) is 23.8 Å². The Hall–Kier alpha value is -0.220. The number of rotatable bonds is 7. The summed E-state index contributed by atoms with van der Waals surface area (Å²) in [7, 11) is 0. The first-order chi connectivity index (χ1) is 7.72. The van der Waals surface area contributed by atoms with E-state index in [4.69, 9.17) is 0 Å². The maximum absolute atomic E-state index is 11.5. The molecule has 1 amide bonds. The van der Waals surface area contributed by atoms with Crippen LogP contribution in [0.2, 0.25) is 0 Å². The molecule has 2 N–H and O–H groups in total. The molecule has 0 aromatic heterocycles. The van der Waals surface area contributed by atoms with Gasteiger partial charge in [-0.1, -0.05) is 19.8 Å². The van der Waals surface area contributed by atoms with E-state index < -0.39 is 0 Å². The molecule has 0 saturated heterocycles. The zero-order chi connectivity index (χ0) is 11.8. The van der Waals surface area contributed by atoms with E-state index >= 15 is 0 Å². The summed E-state index contributed by atoms with van der Waals surface area (Å²) in [6.45, 7) is 3.61. The molecule has 1 atom stereocenters. The molecule has 1 saturated carbocycles. The van der Waals surface area contributed by atoms with Gasteiger partial charge in [0, 0.05) is 11.3 Å². The first kappa shape index (κ1) is 13.8. The zero-order valence-corrected chi connectivity index (χ0v) is 11.2. The standard InChI is InChI=1S/C12H24N2OS/c1-10(16-2)7-8-13-9-12(15)14-11-5-3-4-6-11/h10-11,13H,3-9H2,1-2H3,(H,14,15). The number of carbonyl (C=O) groups excluding carboxylic acids is 1. The van der Waals surface area contributed by atoms with Gasteiger partial charge in [-0.2, -0.15) is 11.8 Å². The van der Waals surface area contributed by atoms with Gasteiger partial charge in [-0.05, 0) is 32.1 Å². The molecule has 94 valence electrons. The minimum Gasteiger partial charge on any atom is -0.352 e. The van der Waals surface area contributed by atoms with Crippen molar-refractivity contribution < 1.29 is 4.79 Å². The topological polar surface area (TPSA) is 41.1 Å². The van der Waals surface area contributed by atoms with Crippen LogP contribution in [-0.2, 0) is 4.79 Å². The van der Waals surface area contributed by atoms with E-state index in [1.807, 2.05) is 11.8 Å². The fraction of sp³-hybridized carbons (Fsp3) is 0.917. The summed E-state index contributed by atoms with van der Waals surface area (Å²) in [5, 5.41) is 6.94. The van der Waals surface area contributed by atoms with E-state index in [1.54, 1.807) is 0 Å². The summed E-state index contributed by atoms with van der Waals surface area (Å²) < 4.78 is 0. The molecule has 3 nitrogen and oxygen atoms in total. The van der Waals surface area contributed by atoms with Crippen LogP contribution in [0, 0.1) is 0 Å². The molecule has 1 aliphatic rings. The van der Waals surface area contributed by atoms with Crippen molar-refractivity contribution in [2.24, 2.45) is 0 Å². The summed E-state index contributed by atoms with van der Waals surface area (Å²) in [6.07, 6.45) is 8.10. The van der Waals surface area contributed by atoms with Crippen LogP contribution in [0.15, 0.2) is 0 Å². The Kier molecular flexibility index (Phi) is 6.88. The lowest BCUT2D eigenvalue weighted by Crippen LogP contribution is -2.39. The molecule has 1 fully saturated rings. The Morgan fingerprint density at radius 3 is 2.75 bits per heavy atom. The minimum atomic E-state index is 0.156. The van der Waals surface area contributed by atoms with Crippen LogP contribution in [-0.4, -0.2) is 36.5 Å². The van der Waals surface area contributed by atoms with Crippen molar-refractivity contribution in [1.82, 2.24) is 10.6 Å². The fourth-order valence-electron chi connectivity index (χ4n) is 1.97. The van der Waals surface area contributed by atoms with Crippen LogP contribution in [0.25, 0.3) is 0 Å². The van der Waals surface area contributed by atoms with E-state index in [0.717, 1.165) is 25.8 Å². The van der Waals surface area contributed by atoms with Gasteiger partial charge >= 0.3 is 0 Å². The quantitative estimate of drug-likeness (QED) is 0.671. The number of nitrogens with one attached hydrogen (secondary N) is 2. The predicted molar refractivity (Wildman–Crippen MR) is 70.9 cm³/mol. The third-order valence-electron chi connectivity index (χ3n) is 3.14. The van der Waals surface area contributed by atoms with Crippen molar-refractivity contribution in [2.45, 2.75) is 50.3 Å². The second-order valence-corrected chi connectivity index (χ2v) is 5.84. The van der Waals surface area contributed by atoms with Crippen LogP contribution in [0.1, 0.15) is 39.0 Å². The van der Waals surface area contributed by atoms with Crippen LogP contribution < -0.4 is 10.6 Å². The summed E-state index contributed by atoms with van der Waals surface area (Å²) in [4.78, 5) is 11.5. The van der Waals surface area contributed by atoms with Gasteiger partial charge in [0.05, 0.1) is 6.54 Å². The number of hydrogen-bond acceptors (Lipinski definition) is 3. The average Bonchev–Trinajstić information content (AvgIpc) is 2.76. The Labute approximate surface area is 103 Å². The van der Waals surface area contributed by atoms with Gasteiger partial charge in [0.2, 0.25) is 5.91 Å². The van der Waals surface area contributed by atoms with Gasteiger partial charge < -0.3 is 10.6 Å². The zero-order valence-electron chi connectivity index (χ0n) is 10.4. The summed E-state index contributed by atoms with van der Waals surface area (Å²) in [5.41, 5.74) is 0. The first-order valence-corrected chi connectivity index (χ1v) is 7.54. The van der Waals surface area contributed by atoms with Gasteiger partial charge in [-0.25, -0.2) is 0 Å². The maximum Gasteiger partial charge on any atom is 0.234 e. The number of carbonyl (C=O) groups is 1. The summed E-state index contributed by atoms with van der Waals surface area (Å²) in [6, 6.07) is 0.444. The van der Waals surface area contributed by atoms with Crippen molar-refractivity contribution in [2.75, 3.05) is 19.3 Å². The van der Waals surface area contributed by atoms with Gasteiger partial charge in [-0.3, -0.25) is 4.79 Å². The smallest absolute Gasteiger partial charge is 0.234 e. The third-order valence-corrected chi connectivity index (χ3v) is 4.18. The van der Waals surface area contributed by atoms with Gasteiger partial charge in [-0.15, -0.1) is 0 Å². The molecule has 0 radical (unpaired) electrons. The highest BCUT2D eigenvalue weighted by Crippen LogP contribution is 2.17. The lowest BCUT2D eigenvalue weighted by molar-refractivity contribution is -0.120. The van der Waals surface area contributed by atoms with Crippen molar-refractivity contribution in [3.63, 3.8) is 0 Å². The van der Waals surface area contributed by atoms with E-state index in [0.29, 0.717) is 17.8 Å². The van der Waals surface area contributed by atoms with Crippen molar-refractivity contribution in [1.29, 1.82) is 0 Å². The van der Waals surface area contributed by atoms with Gasteiger partial charge in [0.15, 0.2) is 0 Å². The summed E-state index contributed by atoms with van der Waals surface area (Å²) >= 11 is 1.87. The highest BCUT2D eigenvalue weighted by atomic mass is 32.2. The molecule has 0 heterocycles. The molecule has 4 heteroatoms. The van der Waals surface area contributed by atoms with Crippen LogP contribution in [0.5, 0.6) is 0 Å². The van der Waals surface area contributed by atoms with Crippen LogP contribution in [0.4, 0.5) is 0 Å². The van der Waals surface area contributed by atoms with Crippen molar-refractivity contribution >= 4 is 17.7 Å². The van der Waals surface area contributed by atoms with Crippen molar-refractivity contribution in [3.8, 4) is 0 Å². The third kappa shape index (κ3) is 5.75. The minimum absolute atomic E-state index is 0.156. The Balaban J connectivity index is 1.97. The second-order valence-electron chi connectivity index (χ2n) is 4.56. The van der Waals surface area contributed by atoms with E-state index in [-0.39, 0.29) is 5.91 Å². The number of hydrogen-bond donors (Lipinski definition) is 2. The highest BCUT2D eigenvalue weighted by Gasteiger charge is 2.16. The van der Waals surface area contributed by atoms with Gasteiger partial charge in [0.1, 0.15) is 0 Å². The number of amides is 1. The average molecular weight is 244 g/mol. The predicted octanol–water partition coefficient (Wildman–Crippen LogP) is 1.78. The number of thioether (sulfide) groups is 1. The molecule has 0 bridgehead atoms. The normalized spacial score (nSPS) is 18.6. The lowest BCUT2D eigenvalue weighted by Gasteiger charge is -2.13. The SMILES string of the molecule is CSC(C)CCNCC(=O)NC1CCCC1. The molecule has 0 aliphatic heterocycles. The molecule has 16 heavy (non-hydrogen) atoms. The monoisotopic (exact) mass is 244 g/mol. The largest absolute Gasteiger partial charge is 0.352 e. The van der Waals surface area contributed by atoms with Gasteiger partial charge in [0.25, 0.3) is 0 Å². The molecule has 1 aliphatic carbocycles. The molecule has 1 unspecified atom stereocenters. The Morgan fingerprint density at radius 1 is 1.44 bits per heavy atom. The first-order valence-electron chi connectivity index (χ1n) is 6.25. The lowest BCUT2D eigenvalue weighted by atomic mass is 10.2. The molecule has 0 aromatic rings. The molecule has 1 rings (SSSR count). The molecule has 0 spiro atoms. The maximum atomic E-state index is 11.5. The van der Waals surface area contributed by atoms with Crippen molar-refractivity contribution in [3.05, 3.63) is 0 Å². The van der Waals surface area contributed by atoms with E-state index in [1.165, 1.54) is 12.8 Å². The molecular formula is C12H24N2OS. The van der Waals surface area contributed by atoms with Crippen LogP contribution >= 0.6 is 11.8 Å². The summed E-state index contributed by atoms with van der Waals surface area (Å²) in [5.74, 6) is 0.156.